The summed E-state index contributed by atoms with van der Waals surface area (Å²) in [6.45, 7) is 0. The molecule has 3 aromatic rings. The van der Waals surface area contributed by atoms with Crippen molar-refractivity contribution in [1.29, 1.82) is 0 Å². The topological polar surface area (TPSA) is 69.6 Å². The Morgan fingerprint density at radius 2 is 1.93 bits per heavy atom. The summed E-state index contributed by atoms with van der Waals surface area (Å²) in [5.41, 5.74) is 9.16. The Hall–Kier alpha value is -2.17. The summed E-state index contributed by atoms with van der Waals surface area (Å²) >= 11 is 0. The van der Waals surface area contributed by atoms with Crippen LogP contribution in [0.1, 0.15) is 0 Å². The average Bonchev–Trinajstić information content (AvgIpc) is 2.56. The molecule has 5 heteroatoms. The molecular formula is C10H9N5. The summed E-state index contributed by atoms with van der Waals surface area (Å²) < 4.78 is 1.84. The molecule has 0 saturated carbocycles. The SMILES string of the molecule is Cn1c(N)nc2c3nccnc3ccc21. The molecule has 0 unspecified atom stereocenters. The smallest absolute Gasteiger partial charge is 0.201 e. The normalized spacial score (nSPS) is 11.3. The van der Waals surface area contributed by atoms with Gasteiger partial charge >= 0.3 is 0 Å². The zero-order chi connectivity index (χ0) is 10.4. The summed E-state index contributed by atoms with van der Waals surface area (Å²) in [6, 6.07) is 3.88. The molecule has 1 aromatic carbocycles. The first-order valence-electron chi connectivity index (χ1n) is 4.59. The van der Waals surface area contributed by atoms with E-state index in [4.69, 9.17) is 5.73 Å². The van der Waals surface area contributed by atoms with Gasteiger partial charge in [0, 0.05) is 19.4 Å². The lowest BCUT2D eigenvalue weighted by Crippen LogP contribution is -1.95. The van der Waals surface area contributed by atoms with Crippen LogP contribution in [0.4, 0.5) is 5.95 Å². The van der Waals surface area contributed by atoms with Crippen molar-refractivity contribution in [2.45, 2.75) is 0 Å². The molecule has 0 spiro atoms. The Kier molecular flexibility index (Phi) is 1.45. The van der Waals surface area contributed by atoms with E-state index < -0.39 is 0 Å². The molecule has 3 rings (SSSR count). The third-order valence-corrected chi connectivity index (χ3v) is 2.52. The number of nitrogen functional groups attached to an aromatic ring is 1. The van der Waals surface area contributed by atoms with Gasteiger partial charge in [-0.3, -0.25) is 9.97 Å². The number of hydrogen-bond donors (Lipinski definition) is 1. The van der Waals surface area contributed by atoms with E-state index in [0.29, 0.717) is 5.95 Å². The van der Waals surface area contributed by atoms with E-state index in [1.54, 1.807) is 12.4 Å². The first-order chi connectivity index (χ1) is 7.27. The lowest BCUT2D eigenvalue weighted by molar-refractivity contribution is 0.965. The first kappa shape index (κ1) is 8.16. The molecule has 0 atom stereocenters. The molecular weight excluding hydrogens is 190 g/mol. The van der Waals surface area contributed by atoms with Crippen molar-refractivity contribution in [2.24, 2.45) is 7.05 Å². The molecule has 5 nitrogen and oxygen atoms in total. The second kappa shape index (κ2) is 2.66. The quantitative estimate of drug-likeness (QED) is 0.588. The molecule has 0 aliphatic heterocycles. The van der Waals surface area contributed by atoms with Crippen LogP contribution in [0.5, 0.6) is 0 Å². The van der Waals surface area contributed by atoms with Gasteiger partial charge in [-0.05, 0) is 12.1 Å². The summed E-state index contributed by atoms with van der Waals surface area (Å²) in [4.78, 5) is 12.8. The van der Waals surface area contributed by atoms with E-state index in [1.165, 1.54) is 0 Å². The van der Waals surface area contributed by atoms with Crippen LogP contribution in [0.3, 0.4) is 0 Å². The van der Waals surface area contributed by atoms with Crippen molar-refractivity contribution in [3.05, 3.63) is 24.5 Å². The lowest BCUT2D eigenvalue weighted by Gasteiger charge is -1.97. The molecule has 0 amide bonds. The minimum Gasteiger partial charge on any atom is -0.369 e. The van der Waals surface area contributed by atoms with Gasteiger partial charge in [-0.15, -0.1) is 0 Å². The fourth-order valence-corrected chi connectivity index (χ4v) is 1.71. The van der Waals surface area contributed by atoms with Crippen molar-refractivity contribution >= 4 is 28.0 Å². The molecule has 74 valence electrons. The van der Waals surface area contributed by atoms with Crippen LogP contribution in [-0.2, 0) is 7.05 Å². The number of anilines is 1. The largest absolute Gasteiger partial charge is 0.369 e. The van der Waals surface area contributed by atoms with Gasteiger partial charge in [0.15, 0.2) is 0 Å². The molecule has 0 aliphatic rings. The van der Waals surface area contributed by atoms with E-state index in [9.17, 15) is 0 Å². The monoisotopic (exact) mass is 199 g/mol. The third-order valence-electron chi connectivity index (χ3n) is 2.52. The number of fused-ring (bicyclic) bond motifs is 3. The zero-order valence-corrected chi connectivity index (χ0v) is 8.18. The lowest BCUT2D eigenvalue weighted by atomic mass is 10.2. The Bertz CT molecular complexity index is 655. The maximum absolute atomic E-state index is 5.75. The predicted molar refractivity (Wildman–Crippen MR) is 58.2 cm³/mol. The molecule has 0 radical (unpaired) electrons. The van der Waals surface area contributed by atoms with Crippen LogP contribution < -0.4 is 5.73 Å². The summed E-state index contributed by atoms with van der Waals surface area (Å²) in [6.07, 6.45) is 3.33. The van der Waals surface area contributed by atoms with E-state index in [-0.39, 0.29) is 0 Å². The number of imidazole rings is 1. The van der Waals surface area contributed by atoms with E-state index in [1.807, 2.05) is 23.7 Å². The van der Waals surface area contributed by atoms with E-state index in [0.717, 1.165) is 22.1 Å². The van der Waals surface area contributed by atoms with Gasteiger partial charge in [0.1, 0.15) is 11.0 Å². The number of aryl methyl sites for hydroxylation is 1. The zero-order valence-electron chi connectivity index (χ0n) is 8.18. The highest BCUT2D eigenvalue weighted by molar-refractivity contribution is 6.00. The fraction of sp³-hybridized carbons (Fsp3) is 0.100. The Balaban J connectivity index is 2.60. The van der Waals surface area contributed by atoms with Gasteiger partial charge in [0.25, 0.3) is 0 Å². The van der Waals surface area contributed by atoms with Crippen LogP contribution in [0.25, 0.3) is 22.1 Å². The van der Waals surface area contributed by atoms with Crippen LogP contribution in [0, 0.1) is 0 Å². The Labute approximate surface area is 85.6 Å². The Morgan fingerprint density at radius 3 is 2.80 bits per heavy atom. The summed E-state index contributed by atoms with van der Waals surface area (Å²) in [5.74, 6) is 0.489. The minimum atomic E-state index is 0.489. The highest BCUT2D eigenvalue weighted by Crippen LogP contribution is 2.22. The van der Waals surface area contributed by atoms with Gasteiger partial charge in [0.2, 0.25) is 5.95 Å². The molecule has 0 aliphatic carbocycles. The maximum Gasteiger partial charge on any atom is 0.201 e. The highest BCUT2D eigenvalue weighted by Gasteiger charge is 2.09. The van der Waals surface area contributed by atoms with Crippen molar-refractivity contribution < 1.29 is 0 Å². The molecule has 2 heterocycles. The second-order valence-electron chi connectivity index (χ2n) is 3.39. The van der Waals surface area contributed by atoms with Crippen molar-refractivity contribution in [3.8, 4) is 0 Å². The van der Waals surface area contributed by atoms with Crippen LogP contribution >= 0.6 is 0 Å². The number of nitrogens with zero attached hydrogens (tertiary/aromatic N) is 4. The minimum absolute atomic E-state index is 0.489. The molecule has 0 fully saturated rings. The van der Waals surface area contributed by atoms with Gasteiger partial charge in [-0.25, -0.2) is 4.98 Å². The van der Waals surface area contributed by atoms with E-state index in [2.05, 4.69) is 15.0 Å². The Morgan fingerprint density at radius 1 is 1.13 bits per heavy atom. The molecule has 0 saturated heterocycles. The average molecular weight is 199 g/mol. The maximum atomic E-state index is 5.75. The number of benzene rings is 1. The van der Waals surface area contributed by atoms with Crippen LogP contribution in [0.2, 0.25) is 0 Å². The van der Waals surface area contributed by atoms with Crippen LogP contribution in [-0.4, -0.2) is 19.5 Å². The van der Waals surface area contributed by atoms with Crippen LogP contribution in [0.15, 0.2) is 24.5 Å². The second-order valence-corrected chi connectivity index (χ2v) is 3.39. The van der Waals surface area contributed by atoms with Gasteiger partial charge < -0.3 is 10.3 Å². The summed E-state index contributed by atoms with van der Waals surface area (Å²) in [5, 5.41) is 0. The van der Waals surface area contributed by atoms with Crippen molar-refractivity contribution in [3.63, 3.8) is 0 Å². The standard InChI is InChI=1S/C10H9N5/c1-15-7-3-2-6-8(13-5-4-12-6)9(7)14-10(15)11/h2-5H,1H3,(H2,11,14). The molecule has 2 aromatic heterocycles. The number of nitrogens with two attached hydrogens (primary N) is 1. The highest BCUT2D eigenvalue weighted by atomic mass is 15.1. The van der Waals surface area contributed by atoms with Crippen molar-refractivity contribution in [1.82, 2.24) is 19.5 Å². The number of aromatic nitrogens is 4. The first-order valence-corrected chi connectivity index (χ1v) is 4.59. The molecule has 15 heavy (non-hydrogen) atoms. The molecule has 0 bridgehead atoms. The van der Waals surface area contributed by atoms with Gasteiger partial charge in [0.05, 0.1) is 11.0 Å². The van der Waals surface area contributed by atoms with Gasteiger partial charge in [-0.2, -0.15) is 0 Å². The number of rotatable bonds is 0. The summed E-state index contributed by atoms with van der Waals surface area (Å²) in [7, 11) is 1.88. The predicted octanol–water partition coefficient (Wildman–Crippen LogP) is 1.10. The third kappa shape index (κ3) is 0.999. The molecule has 2 N–H and O–H groups in total. The van der Waals surface area contributed by atoms with Crippen molar-refractivity contribution in [2.75, 3.05) is 5.73 Å². The van der Waals surface area contributed by atoms with Gasteiger partial charge in [-0.1, -0.05) is 0 Å². The van der Waals surface area contributed by atoms with E-state index >= 15 is 0 Å². The number of hydrogen-bond acceptors (Lipinski definition) is 4. The fourth-order valence-electron chi connectivity index (χ4n) is 1.71.